The molecule has 0 radical (unpaired) electrons. The van der Waals surface area contributed by atoms with E-state index >= 15 is 0 Å². The van der Waals surface area contributed by atoms with Gasteiger partial charge in [-0.3, -0.25) is 39.1 Å². The molecule has 21 nitrogen and oxygen atoms in total. The first-order chi connectivity index (χ1) is 45.4. The molecule has 4 aliphatic rings. The van der Waals surface area contributed by atoms with Crippen molar-refractivity contribution in [1.82, 2.24) is 24.7 Å². The third kappa shape index (κ3) is 19.4. The standard InChI is InChI=1S/C67H80ClF3N8O13S3/c1-66(2)26-24-54(46-12-16-49(68)17-13-46)48(43-66)44-77-29-31-78(32-30-77)51-18-14-47(15-19-51)62(81)75-95(87,88)53-20-21-56(59(42-53)94(85,86)67(69,70)71)73-50(45-93-52-8-5-4-6-9-52)25-28-76(3)33-35-90-37-39-92-41-40-91-38-36-89-34-27-72-57-11-7-10-55-61(57)65(84)79(64(55)83)58-22-23-60(80)74-63(58)82/h4-21,42,50,58,72-73H,22-41,43-45H2,1-3H3,(H,75,81)(H,74,80,82)/t50-,58?/m1/s1. The summed E-state index contributed by atoms with van der Waals surface area (Å²) in [5.74, 6) is -3.11. The van der Waals surface area contributed by atoms with Gasteiger partial charge in [0.1, 0.15) is 10.9 Å². The van der Waals surface area contributed by atoms with E-state index in [1.807, 2.05) is 59.1 Å². The van der Waals surface area contributed by atoms with Crippen LogP contribution < -0.4 is 25.6 Å². The van der Waals surface area contributed by atoms with E-state index < -0.39 is 82.5 Å². The quantitative estimate of drug-likeness (QED) is 0.0174. The van der Waals surface area contributed by atoms with Crippen molar-refractivity contribution in [2.75, 3.05) is 134 Å². The van der Waals surface area contributed by atoms with E-state index in [-0.39, 0.29) is 73.7 Å². The first kappa shape index (κ1) is 72.4. The van der Waals surface area contributed by atoms with Gasteiger partial charge in [-0.1, -0.05) is 67.4 Å². The molecule has 9 rings (SSSR count). The summed E-state index contributed by atoms with van der Waals surface area (Å²) in [6, 6.07) is 29.1. The molecule has 1 aliphatic carbocycles. The zero-order valence-electron chi connectivity index (χ0n) is 53.2. The fourth-order valence-electron chi connectivity index (χ4n) is 11.7. The molecular weight excluding hydrogens is 1310 g/mol. The zero-order valence-corrected chi connectivity index (χ0v) is 56.4. The third-order valence-electron chi connectivity index (χ3n) is 16.9. The minimum absolute atomic E-state index is 0.0232. The Morgan fingerprint density at radius 2 is 1.43 bits per heavy atom. The van der Waals surface area contributed by atoms with Gasteiger partial charge in [-0.05, 0) is 141 Å². The van der Waals surface area contributed by atoms with Crippen LogP contribution in [0.4, 0.5) is 30.2 Å². The predicted octanol–water partition coefficient (Wildman–Crippen LogP) is 9.01. The van der Waals surface area contributed by atoms with Crippen LogP contribution >= 0.6 is 23.4 Å². The normalized spacial score (nSPS) is 17.5. The van der Waals surface area contributed by atoms with Crippen LogP contribution in [-0.4, -0.2) is 197 Å². The number of allylic oxidation sites excluding steroid dienone is 1. The Hall–Kier alpha value is -6.92. The Morgan fingerprint density at radius 3 is 2.09 bits per heavy atom. The van der Waals surface area contributed by atoms with Gasteiger partial charge in [-0.15, -0.1) is 11.8 Å². The molecule has 2 saturated heterocycles. The highest BCUT2D eigenvalue weighted by atomic mass is 35.5. The van der Waals surface area contributed by atoms with Crippen LogP contribution in [0.15, 0.2) is 136 Å². The minimum atomic E-state index is -6.15. The summed E-state index contributed by atoms with van der Waals surface area (Å²) in [5.41, 5.74) is -0.534. The van der Waals surface area contributed by atoms with Crippen LogP contribution in [0.3, 0.4) is 0 Å². The number of piperazine rings is 1. The molecule has 5 aromatic rings. The van der Waals surface area contributed by atoms with Gasteiger partial charge in [0.15, 0.2) is 0 Å². The number of hydrogen-bond acceptors (Lipinski definition) is 19. The molecule has 4 N–H and O–H groups in total. The van der Waals surface area contributed by atoms with Crippen LogP contribution in [0, 0.1) is 5.41 Å². The highest BCUT2D eigenvalue weighted by molar-refractivity contribution is 7.99. The van der Waals surface area contributed by atoms with E-state index in [2.05, 4.69) is 51.7 Å². The second-order valence-electron chi connectivity index (χ2n) is 24.4. The number of sulfonamides is 1. The van der Waals surface area contributed by atoms with E-state index in [1.54, 1.807) is 24.3 Å². The van der Waals surface area contributed by atoms with E-state index in [4.69, 9.17) is 30.5 Å². The van der Waals surface area contributed by atoms with Gasteiger partial charge in [0.25, 0.3) is 37.6 Å². The topological polar surface area (TPSA) is 252 Å². The lowest BCUT2D eigenvalue weighted by molar-refractivity contribution is -0.136. The van der Waals surface area contributed by atoms with Crippen LogP contribution in [0.5, 0.6) is 0 Å². The van der Waals surface area contributed by atoms with E-state index in [1.165, 1.54) is 46.7 Å². The Balaban J connectivity index is 0.699. The predicted molar refractivity (Wildman–Crippen MR) is 357 cm³/mol. The van der Waals surface area contributed by atoms with Crippen molar-refractivity contribution in [3.05, 3.63) is 148 Å². The Bertz CT molecular complexity index is 3790. The van der Waals surface area contributed by atoms with Crippen molar-refractivity contribution in [1.29, 1.82) is 0 Å². The number of sulfone groups is 1. The second kappa shape index (κ2) is 32.9. The molecule has 2 fully saturated rings. The number of anilines is 3. The smallest absolute Gasteiger partial charge is 0.382 e. The number of nitrogens with zero attached hydrogens (tertiary/aromatic N) is 4. The lowest BCUT2D eigenvalue weighted by atomic mass is 9.73. The number of carbonyl (C=O) groups excluding carboxylic acids is 5. The number of alkyl halides is 3. The summed E-state index contributed by atoms with van der Waals surface area (Å²) in [5, 5.41) is 8.99. The molecule has 5 amide bonds. The number of halogens is 4. The summed E-state index contributed by atoms with van der Waals surface area (Å²) in [7, 11) is -9.24. The minimum Gasteiger partial charge on any atom is -0.382 e. The number of nitrogens with one attached hydrogen (secondary N) is 4. The monoisotopic (exact) mass is 1390 g/mol. The van der Waals surface area contributed by atoms with E-state index in [9.17, 15) is 54.0 Å². The molecule has 3 aliphatic heterocycles. The lowest BCUT2D eigenvalue weighted by Gasteiger charge is -2.39. The maximum Gasteiger partial charge on any atom is 0.501 e. The summed E-state index contributed by atoms with van der Waals surface area (Å²) >= 11 is 7.61. The van der Waals surface area contributed by atoms with Crippen LogP contribution in [0.1, 0.15) is 89.0 Å². The Morgan fingerprint density at radius 1 is 0.768 bits per heavy atom. The third-order valence-corrected chi connectivity index (χ3v) is 21.2. The molecule has 0 spiro atoms. The maximum absolute atomic E-state index is 14.5. The van der Waals surface area contributed by atoms with E-state index in [0.29, 0.717) is 75.7 Å². The number of piperidine rings is 1. The molecule has 95 heavy (non-hydrogen) atoms. The molecule has 512 valence electrons. The molecule has 0 saturated carbocycles. The molecule has 0 aromatic heterocycles. The molecule has 1 unspecified atom stereocenters. The van der Waals surface area contributed by atoms with E-state index in [0.717, 1.165) is 66.5 Å². The highest BCUT2D eigenvalue weighted by Gasteiger charge is 2.49. The molecule has 3 heterocycles. The molecular formula is C67H80ClF3N8O13S3. The summed E-state index contributed by atoms with van der Waals surface area (Å²) < 4.78 is 122. The second-order valence-corrected chi connectivity index (χ2v) is 29.5. The largest absolute Gasteiger partial charge is 0.501 e. The SMILES string of the molecule is CN(CCOCCOCCOCCOCCNc1cccc2c1C(=O)N(C1CCC(=O)NC1=O)C2=O)CC[C@H](CSc1ccccc1)Nc1ccc(S(=O)(=O)NC(=O)c2ccc(N3CCN(CC4=C(c5ccc(Cl)cc5)CCC(C)(C)C4)CC3)cc2)cc1S(=O)(=O)C(F)(F)F. The number of imide groups is 2. The van der Waals surface area contributed by atoms with Gasteiger partial charge in [0.05, 0.1) is 74.6 Å². The number of fused-ring (bicyclic) bond motifs is 1. The van der Waals surface area contributed by atoms with Gasteiger partial charge < -0.3 is 39.4 Å². The fourth-order valence-corrected chi connectivity index (χ4v) is 14.9. The maximum atomic E-state index is 14.5. The number of rotatable bonds is 33. The van der Waals surface area contributed by atoms with Crippen molar-refractivity contribution in [2.45, 2.75) is 84.7 Å². The highest BCUT2D eigenvalue weighted by Crippen LogP contribution is 2.43. The fraction of sp³-hybridized carbons (Fsp3) is 0.448. The number of likely N-dealkylation sites (N-methyl/N-ethyl adjacent to an activating group) is 1. The number of thioether (sulfide) groups is 1. The Kier molecular flexibility index (Phi) is 25.0. The van der Waals surface area contributed by atoms with Gasteiger partial charge in [0.2, 0.25) is 11.8 Å². The van der Waals surface area contributed by atoms with Crippen molar-refractivity contribution >= 4 is 95.4 Å². The Labute approximate surface area is 561 Å². The van der Waals surface area contributed by atoms with Gasteiger partial charge >= 0.3 is 5.51 Å². The van der Waals surface area contributed by atoms with Crippen LogP contribution in [0.25, 0.3) is 5.57 Å². The number of amides is 5. The number of carbonyl (C=O) groups is 5. The zero-order chi connectivity index (χ0) is 67.9. The van der Waals surface area contributed by atoms with Gasteiger partial charge in [0, 0.05) is 90.9 Å². The summed E-state index contributed by atoms with van der Waals surface area (Å²) in [6.45, 7) is 12.0. The average Bonchev–Trinajstić information content (AvgIpc) is 1.75. The number of hydrogen-bond donors (Lipinski definition) is 4. The summed E-state index contributed by atoms with van der Waals surface area (Å²) in [4.78, 5) is 70.2. The van der Waals surface area contributed by atoms with Gasteiger partial charge in [-0.2, -0.15) is 13.2 Å². The molecule has 28 heteroatoms. The van der Waals surface area contributed by atoms with Crippen molar-refractivity contribution in [2.24, 2.45) is 5.41 Å². The first-order valence-electron chi connectivity index (χ1n) is 31.5. The molecule has 0 bridgehead atoms. The lowest BCUT2D eigenvalue weighted by Crippen LogP contribution is -2.54. The number of ether oxygens (including phenoxy) is 4. The van der Waals surface area contributed by atoms with Crippen LogP contribution in [-0.2, 0) is 48.4 Å². The summed E-state index contributed by atoms with van der Waals surface area (Å²) in [6.07, 6.45) is 3.49. The van der Waals surface area contributed by atoms with Crippen molar-refractivity contribution in [3.63, 3.8) is 0 Å². The van der Waals surface area contributed by atoms with Crippen molar-refractivity contribution < 1.29 is 72.9 Å². The molecule has 5 aromatic carbocycles. The van der Waals surface area contributed by atoms with Crippen molar-refractivity contribution in [3.8, 4) is 0 Å². The van der Waals surface area contributed by atoms with Crippen LogP contribution in [0.2, 0.25) is 5.02 Å². The first-order valence-corrected chi connectivity index (χ1v) is 35.8. The number of benzene rings is 5. The van der Waals surface area contributed by atoms with Gasteiger partial charge in [-0.25, -0.2) is 21.6 Å². The average molecular weight is 1390 g/mol. The molecule has 2 atom stereocenters.